The van der Waals surface area contributed by atoms with Gasteiger partial charge in [0.2, 0.25) is 0 Å². The number of hydrogen-bond donors (Lipinski definition) is 0. The van der Waals surface area contributed by atoms with Crippen LogP contribution in [0.1, 0.15) is 22.3 Å². The Labute approximate surface area is 107 Å². The number of benzene rings is 1. The molecule has 0 fully saturated rings. The van der Waals surface area contributed by atoms with Gasteiger partial charge in [-0.25, -0.2) is 14.2 Å². The maximum atomic E-state index is 12.7. The molecule has 2 rings (SSSR count). The summed E-state index contributed by atoms with van der Waals surface area (Å²) in [5, 5.41) is 6.17. The van der Waals surface area contributed by atoms with Crippen molar-refractivity contribution in [3.8, 4) is 0 Å². The van der Waals surface area contributed by atoms with Crippen LogP contribution in [-0.4, -0.2) is 16.7 Å². The van der Waals surface area contributed by atoms with Crippen LogP contribution in [0.5, 0.6) is 0 Å². The molecular weight excluding hydrogens is 255 g/mol. The third-order valence-corrected chi connectivity index (χ3v) is 2.97. The molecule has 4 nitrogen and oxygen atoms in total. The number of hydrogen-bond acceptors (Lipinski definition) is 5. The largest absolute Gasteiger partial charge is 0.365 e. The van der Waals surface area contributed by atoms with Gasteiger partial charge in [0, 0.05) is 11.6 Å². The average molecular weight is 264 g/mol. The van der Waals surface area contributed by atoms with Crippen molar-refractivity contribution < 1.29 is 14.0 Å². The van der Waals surface area contributed by atoms with Crippen LogP contribution in [0.25, 0.3) is 0 Å². The molecule has 0 N–H and O–H groups in total. The first kappa shape index (κ1) is 12.4. The van der Waals surface area contributed by atoms with E-state index in [0.29, 0.717) is 10.7 Å². The normalized spacial score (nSPS) is 11.3. The van der Waals surface area contributed by atoms with E-state index in [1.807, 2.05) is 0 Å². The van der Waals surface area contributed by atoms with Gasteiger partial charge in [-0.15, -0.1) is 11.3 Å². The van der Waals surface area contributed by atoms with E-state index >= 15 is 0 Å². The molecule has 0 aliphatic heterocycles. The first-order chi connectivity index (χ1) is 8.66. The molecule has 0 spiro atoms. The highest BCUT2D eigenvalue weighted by atomic mass is 32.1. The number of rotatable bonds is 3. The summed E-state index contributed by atoms with van der Waals surface area (Å²) in [4.78, 5) is 20.3. The topological polar surface area (TPSA) is 51.5 Å². The molecule has 1 heterocycles. The number of oxime groups is 1. The lowest BCUT2D eigenvalue weighted by molar-refractivity contribution is 0.0516. The average Bonchev–Trinajstić information content (AvgIpc) is 2.90. The van der Waals surface area contributed by atoms with Crippen molar-refractivity contribution in [3.63, 3.8) is 0 Å². The number of carbonyl (C=O) groups excluding carboxylic acids is 1. The highest BCUT2D eigenvalue weighted by Crippen LogP contribution is 2.08. The van der Waals surface area contributed by atoms with Crippen molar-refractivity contribution in [2.24, 2.45) is 5.16 Å². The van der Waals surface area contributed by atoms with Gasteiger partial charge >= 0.3 is 5.97 Å². The number of halogens is 1. The van der Waals surface area contributed by atoms with Crippen molar-refractivity contribution in [2.45, 2.75) is 6.92 Å². The summed E-state index contributed by atoms with van der Waals surface area (Å²) in [6.45, 7) is 1.69. The minimum Gasteiger partial charge on any atom is -0.312 e. The number of carbonyl (C=O) groups is 1. The summed E-state index contributed by atoms with van der Waals surface area (Å²) in [5.74, 6) is -1.04. The second-order valence-electron chi connectivity index (χ2n) is 3.40. The molecule has 0 amide bonds. The van der Waals surface area contributed by atoms with Crippen LogP contribution in [0.2, 0.25) is 0 Å². The van der Waals surface area contributed by atoms with Crippen LogP contribution < -0.4 is 0 Å². The van der Waals surface area contributed by atoms with E-state index in [4.69, 9.17) is 4.84 Å². The monoisotopic (exact) mass is 264 g/mol. The van der Waals surface area contributed by atoms with Gasteiger partial charge in [0.1, 0.15) is 16.5 Å². The summed E-state index contributed by atoms with van der Waals surface area (Å²) < 4.78 is 12.7. The first-order valence-corrected chi connectivity index (χ1v) is 5.96. The van der Waals surface area contributed by atoms with E-state index < -0.39 is 11.8 Å². The fourth-order valence-corrected chi connectivity index (χ4v) is 1.77. The molecule has 1 aromatic heterocycles. The molecule has 0 saturated carbocycles. The maximum absolute atomic E-state index is 12.7. The van der Waals surface area contributed by atoms with Crippen molar-refractivity contribution in [2.75, 3.05) is 0 Å². The highest BCUT2D eigenvalue weighted by Gasteiger charge is 2.08. The molecular formula is C12H9FN2O2S. The molecule has 18 heavy (non-hydrogen) atoms. The van der Waals surface area contributed by atoms with Crippen molar-refractivity contribution in [1.82, 2.24) is 4.98 Å². The zero-order chi connectivity index (χ0) is 13.0. The van der Waals surface area contributed by atoms with Gasteiger partial charge in [0.25, 0.3) is 0 Å². The minimum atomic E-state index is -0.633. The van der Waals surface area contributed by atoms with E-state index in [1.165, 1.54) is 35.6 Å². The van der Waals surface area contributed by atoms with Gasteiger partial charge in [-0.05, 0) is 31.2 Å². The second-order valence-corrected chi connectivity index (χ2v) is 4.29. The second kappa shape index (κ2) is 5.50. The standard InChI is InChI=1S/C12H9FN2O2S/c1-8(11-14-6-7-18-11)15-17-12(16)9-2-4-10(13)5-3-9/h2-7H,1H3. The lowest BCUT2D eigenvalue weighted by Crippen LogP contribution is -2.03. The smallest absolute Gasteiger partial charge is 0.312 e. The first-order valence-electron chi connectivity index (χ1n) is 5.08. The molecule has 0 bridgehead atoms. The minimum absolute atomic E-state index is 0.243. The predicted octanol–water partition coefficient (Wildman–Crippen LogP) is 2.86. The Bertz CT molecular complexity index is 564. The predicted molar refractivity (Wildman–Crippen MR) is 66.1 cm³/mol. The van der Waals surface area contributed by atoms with E-state index in [2.05, 4.69) is 10.1 Å². The molecule has 1 aromatic carbocycles. The number of thiazole rings is 1. The molecule has 0 aliphatic rings. The molecule has 0 saturated heterocycles. The molecule has 0 radical (unpaired) electrons. The van der Waals surface area contributed by atoms with Crippen molar-refractivity contribution in [3.05, 3.63) is 52.2 Å². The van der Waals surface area contributed by atoms with Crippen LogP contribution in [0.15, 0.2) is 41.0 Å². The van der Waals surface area contributed by atoms with Gasteiger partial charge in [0.05, 0.1) is 5.56 Å². The maximum Gasteiger partial charge on any atom is 0.365 e. The lowest BCUT2D eigenvalue weighted by Gasteiger charge is -1.99. The molecule has 6 heteroatoms. The Hall–Kier alpha value is -2.08. The Morgan fingerprint density at radius 2 is 2.11 bits per heavy atom. The van der Waals surface area contributed by atoms with Crippen LogP contribution >= 0.6 is 11.3 Å². The Balaban J connectivity index is 2.04. The van der Waals surface area contributed by atoms with Gasteiger partial charge in [0.15, 0.2) is 0 Å². The van der Waals surface area contributed by atoms with E-state index in [0.717, 1.165) is 0 Å². The molecule has 2 aromatic rings. The highest BCUT2D eigenvalue weighted by molar-refractivity contribution is 7.11. The fourth-order valence-electron chi connectivity index (χ4n) is 1.19. The third-order valence-electron chi connectivity index (χ3n) is 2.09. The Kier molecular flexibility index (Phi) is 3.78. The summed E-state index contributed by atoms with van der Waals surface area (Å²) in [7, 11) is 0. The molecule has 92 valence electrons. The Morgan fingerprint density at radius 3 is 2.72 bits per heavy atom. The Morgan fingerprint density at radius 1 is 1.39 bits per heavy atom. The number of aromatic nitrogens is 1. The van der Waals surface area contributed by atoms with Gasteiger partial charge in [-0.3, -0.25) is 0 Å². The molecule has 0 atom stereocenters. The third kappa shape index (κ3) is 2.98. The SMILES string of the molecule is CC(=NOC(=O)c1ccc(F)cc1)c1nccs1. The van der Waals surface area contributed by atoms with Crippen LogP contribution in [0, 0.1) is 5.82 Å². The summed E-state index contributed by atoms with van der Waals surface area (Å²) in [6.07, 6.45) is 1.64. The summed E-state index contributed by atoms with van der Waals surface area (Å²) in [6, 6.07) is 5.06. The van der Waals surface area contributed by atoms with E-state index in [9.17, 15) is 9.18 Å². The zero-order valence-electron chi connectivity index (χ0n) is 9.46. The van der Waals surface area contributed by atoms with Crippen LogP contribution in [-0.2, 0) is 4.84 Å². The van der Waals surface area contributed by atoms with Gasteiger partial charge in [-0.1, -0.05) is 5.16 Å². The van der Waals surface area contributed by atoms with E-state index in [1.54, 1.807) is 18.5 Å². The quantitative estimate of drug-likeness (QED) is 0.486. The van der Waals surface area contributed by atoms with Gasteiger partial charge in [-0.2, -0.15) is 0 Å². The zero-order valence-corrected chi connectivity index (χ0v) is 10.3. The van der Waals surface area contributed by atoms with Crippen LogP contribution in [0.3, 0.4) is 0 Å². The van der Waals surface area contributed by atoms with Crippen LogP contribution in [0.4, 0.5) is 4.39 Å². The summed E-state index contributed by atoms with van der Waals surface area (Å²) >= 11 is 1.40. The number of nitrogens with zero attached hydrogens (tertiary/aromatic N) is 2. The molecule has 0 unspecified atom stereocenters. The summed E-state index contributed by atoms with van der Waals surface area (Å²) in [5.41, 5.74) is 0.757. The molecule has 0 aliphatic carbocycles. The fraction of sp³-hybridized carbons (Fsp3) is 0.0833. The van der Waals surface area contributed by atoms with Crippen molar-refractivity contribution >= 4 is 23.0 Å². The lowest BCUT2D eigenvalue weighted by atomic mass is 10.2. The van der Waals surface area contributed by atoms with Crippen molar-refractivity contribution in [1.29, 1.82) is 0 Å². The van der Waals surface area contributed by atoms with Gasteiger partial charge < -0.3 is 4.84 Å². The van der Waals surface area contributed by atoms with E-state index in [-0.39, 0.29) is 5.56 Å².